The number of carbonyl (C=O) groups excluding carboxylic acids is 1. The summed E-state index contributed by atoms with van der Waals surface area (Å²) in [5, 5.41) is 29.0. The lowest BCUT2D eigenvalue weighted by Crippen LogP contribution is -2.27. The molecule has 4 N–H and O–H groups in total. The molecule has 0 amide bonds. The van der Waals surface area contributed by atoms with Gasteiger partial charge in [-0.05, 0) is 30.3 Å². The number of phenolic OH excluding ortho intramolecular Hbond substituents is 3. The molecule has 3 aromatic carbocycles. The number of Topliss-reactive ketones (excluding diaryl/α,β-unsaturated/α-hetero) is 1. The van der Waals surface area contributed by atoms with Crippen LogP contribution in [0.1, 0.15) is 15.9 Å². The number of nitrogens with one attached hydrogen (secondary N) is 1. The second-order valence-electron chi connectivity index (χ2n) is 6.10. The summed E-state index contributed by atoms with van der Waals surface area (Å²) in [4.78, 5) is 12.7. The maximum Gasteiger partial charge on any atom is 0.262 e. The van der Waals surface area contributed by atoms with Crippen LogP contribution in [0.4, 0.5) is 0 Å². The Morgan fingerprint density at radius 1 is 0.828 bits per heavy atom. The van der Waals surface area contributed by atoms with Crippen molar-refractivity contribution in [3.05, 3.63) is 89.6 Å². The van der Waals surface area contributed by atoms with Gasteiger partial charge in [-0.3, -0.25) is 9.52 Å². The molecule has 0 aromatic heterocycles. The summed E-state index contributed by atoms with van der Waals surface area (Å²) in [6.45, 7) is 0. The van der Waals surface area contributed by atoms with E-state index < -0.39 is 15.8 Å². The van der Waals surface area contributed by atoms with Crippen molar-refractivity contribution in [1.82, 2.24) is 4.72 Å². The number of carbonyl (C=O) groups is 1. The molecule has 0 saturated carbocycles. The number of ketones is 1. The van der Waals surface area contributed by atoms with Crippen molar-refractivity contribution >= 4 is 21.9 Å². The van der Waals surface area contributed by atoms with Crippen LogP contribution in [-0.2, 0) is 10.0 Å². The molecule has 29 heavy (non-hydrogen) atoms. The minimum Gasteiger partial charge on any atom is -0.508 e. The zero-order valence-electron chi connectivity index (χ0n) is 15.0. The van der Waals surface area contributed by atoms with Crippen LogP contribution in [0.5, 0.6) is 17.2 Å². The number of hydrogen-bond acceptors (Lipinski definition) is 6. The molecule has 0 aliphatic heterocycles. The normalized spacial score (nSPS) is 11.8. The zero-order chi connectivity index (χ0) is 21.0. The molecular formula is C21H17NO6S. The van der Waals surface area contributed by atoms with Crippen molar-refractivity contribution < 1.29 is 28.5 Å². The third-order valence-corrected chi connectivity index (χ3v) is 5.33. The summed E-state index contributed by atoms with van der Waals surface area (Å²) in [6, 6.07) is 16.7. The van der Waals surface area contributed by atoms with E-state index in [1.54, 1.807) is 18.2 Å². The average molecular weight is 411 g/mol. The number of benzene rings is 3. The number of phenols is 3. The van der Waals surface area contributed by atoms with Crippen LogP contribution in [-0.4, -0.2) is 29.5 Å². The first-order valence-corrected chi connectivity index (χ1v) is 9.90. The van der Waals surface area contributed by atoms with Crippen molar-refractivity contribution in [1.29, 1.82) is 0 Å². The van der Waals surface area contributed by atoms with E-state index in [9.17, 15) is 28.5 Å². The minimum absolute atomic E-state index is 0.126. The van der Waals surface area contributed by atoms with Crippen molar-refractivity contribution in [3.63, 3.8) is 0 Å². The van der Waals surface area contributed by atoms with E-state index in [0.717, 1.165) is 12.1 Å². The highest BCUT2D eigenvalue weighted by Gasteiger charge is 2.21. The maximum atomic E-state index is 12.9. The molecule has 0 fully saturated rings. The van der Waals surface area contributed by atoms with Crippen LogP contribution in [0.25, 0.3) is 6.08 Å². The first-order chi connectivity index (χ1) is 13.8. The molecule has 7 nitrogen and oxygen atoms in total. The molecule has 0 aliphatic carbocycles. The lowest BCUT2D eigenvalue weighted by atomic mass is 10.1. The van der Waals surface area contributed by atoms with E-state index >= 15 is 0 Å². The summed E-state index contributed by atoms with van der Waals surface area (Å²) in [5.74, 6) is -1.39. The Bertz CT molecular complexity index is 1190. The Morgan fingerprint density at radius 2 is 1.52 bits per heavy atom. The summed E-state index contributed by atoms with van der Waals surface area (Å²) in [6.07, 6.45) is 1.17. The molecule has 0 spiro atoms. The molecular weight excluding hydrogens is 394 g/mol. The van der Waals surface area contributed by atoms with Gasteiger partial charge in [-0.1, -0.05) is 36.4 Å². The van der Waals surface area contributed by atoms with Gasteiger partial charge >= 0.3 is 0 Å². The van der Waals surface area contributed by atoms with Crippen LogP contribution in [0.3, 0.4) is 0 Å². The first-order valence-electron chi connectivity index (χ1n) is 8.41. The molecule has 0 aliphatic rings. The summed E-state index contributed by atoms with van der Waals surface area (Å²) >= 11 is 0. The van der Waals surface area contributed by atoms with Crippen LogP contribution >= 0.6 is 0 Å². The fourth-order valence-corrected chi connectivity index (χ4v) is 3.64. The standard InChI is InChI=1S/C21H17NO6S/c23-16-7-4-8-18(12-16)29(27,28)22-19(21(26)14-5-2-1-3-6-14)11-15-9-10-17(24)13-20(15)25/h1-13,22-25H. The molecule has 0 heterocycles. The van der Waals surface area contributed by atoms with E-state index in [2.05, 4.69) is 4.72 Å². The largest absolute Gasteiger partial charge is 0.508 e. The van der Waals surface area contributed by atoms with Gasteiger partial charge in [0.2, 0.25) is 5.78 Å². The number of aromatic hydroxyl groups is 3. The number of sulfonamides is 1. The van der Waals surface area contributed by atoms with Crippen molar-refractivity contribution in [2.45, 2.75) is 4.90 Å². The van der Waals surface area contributed by atoms with Crippen LogP contribution in [0, 0.1) is 0 Å². The topological polar surface area (TPSA) is 124 Å². The lowest BCUT2D eigenvalue weighted by molar-refractivity contribution is 0.103. The molecule has 3 rings (SSSR count). The Morgan fingerprint density at radius 3 is 2.17 bits per heavy atom. The highest BCUT2D eigenvalue weighted by molar-refractivity contribution is 7.89. The maximum absolute atomic E-state index is 12.9. The highest BCUT2D eigenvalue weighted by atomic mass is 32.2. The predicted octanol–water partition coefficient (Wildman–Crippen LogP) is 3.01. The SMILES string of the molecule is O=C(C(=Cc1ccc(O)cc1O)NS(=O)(=O)c1cccc(O)c1)c1ccccc1. The number of rotatable bonds is 6. The Balaban J connectivity index is 2.07. The first kappa shape index (κ1) is 20.0. The molecule has 148 valence electrons. The third kappa shape index (κ3) is 4.74. The van der Waals surface area contributed by atoms with Crippen LogP contribution < -0.4 is 4.72 Å². The van der Waals surface area contributed by atoms with E-state index in [-0.39, 0.29) is 39.0 Å². The van der Waals surface area contributed by atoms with Gasteiger partial charge in [0, 0.05) is 23.3 Å². The minimum atomic E-state index is -4.21. The highest BCUT2D eigenvalue weighted by Crippen LogP contribution is 2.26. The van der Waals surface area contributed by atoms with Gasteiger partial charge in [0.1, 0.15) is 17.2 Å². The molecule has 3 aromatic rings. The molecule has 0 unspecified atom stereocenters. The fourth-order valence-electron chi connectivity index (χ4n) is 2.55. The smallest absolute Gasteiger partial charge is 0.262 e. The molecule has 0 radical (unpaired) electrons. The zero-order valence-corrected chi connectivity index (χ0v) is 15.8. The van der Waals surface area contributed by atoms with Gasteiger partial charge in [-0.2, -0.15) is 0 Å². The number of allylic oxidation sites excluding steroid dienone is 1. The summed E-state index contributed by atoms with van der Waals surface area (Å²) in [7, 11) is -4.21. The van der Waals surface area contributed by atoms with Crippen molar-refractivity contribution in [2.75, 3.05) is 0 Å². The molecule has 0 bridgehead atoms. The van der Waals surface area contributed by atoms with Crippen molar-refractivity contribution in [3.8, 4) is 17.2 Å². The lowest BCUT2D eigenvalue weighted by Gasteiger charge is -2.12. The van der Waals surface area contributed by atoms with E-state index in [4.69, 9.17) is 0 Å². The Labute approximate surface area is 167 Å². The molecule has 0 saturated heterocycles. The summed E-state index contributed by atoms with van der Waals surface area (Å²) in [5.41, 5.74) is 0.0387. The molecule has 8 heteroatoms. The average Bonchev–Trinajstić information content (AvgIpc) is 2.69. The van der Waals surface area contributed by atoms with Gasteiger partial charge in [-0.15, -0.1) is 0 Å². The quantitative estimate of drug-likeness (QED) is 0.365. The Kier molecular flexibility index (Phi) is 5.56. The summed E-state index contributed by atoms with van der Waals surface area (Å²) < 4.78 is 27.7. The van der Waals surface area contributed by atoms with Crippen LogP contribution in [0.15, 0.2) is 83.4 Å². The van der Waals surface area contributed by atoms with Crippen LogP contribution in [0.2, 0.25) is 0 Å². The number of hydrogen-bond donors (Lipinski definition) is 4. The van der Waals surface area contributed by atoms with Gasteiger partial charge in [0.05, 0.1) is 10.6 Å². The molecule has 0 atom stereocenters. The van der Waals surface area contributed by atoms with Gasteiger partial charge < -0.3 is 15.3 Å². The van der Waals surface area contributed by atoms with Gasteiger partial charge in [0.15, 0.2) is 0 Å². The second-order valence-corrected chi connectivity index (χ2v) is 7.78. The predicted molar refractivity (Wildman–Crippen MR) is 107 cm³/mol. The van der Waals surface area contributed by atoms with E-state index in [1.807, 2.05) is 0 Å². The fraction of sp³-hybridized carbons (Fsp3) is 0. The van der Waals surface area contributed by atoms with E-state index in [1.165, 1.54) is 48.5 Å². The third-order valence-electron chi connectivity index (χ3n) is 3.97. The van der Waals surface area contributed by atoms with Gasteiger partial charge in [-0.25, -0.2) is 8.42 Å². The Hall–Kier alpha value is -3.78. The monoisotopic (exact) mass is 411 g/mol. The van der Waals surface area contributed by atoms with Gasteiger partial charge in [0.25, 0.3) is 10.0 Å². The van der Waals surface area contributed by atoms with Crippen molar-refractivity contribution in [2.24, 2.45) is 0 Å². The second kappa shape index (κ2) is 8.07. The van der Waals surface area contributed by atoms with E-state index in [0.29, 0.717) is 0 Å².